The summed E-state index contributed by atoms with van der Waals surface area (Å²) in [5.41, 5.74) is 1.23. The number of hydrogen-bond donors (Lipinski definition) is 0. The number of ether oxygens (including phenoxy) is 2. The highest BCUT2D eigenvalue weighted by molar-refractivity contribution is 5.98. The highest BCUT2D eigenvalue weighted by atomic mass is 16.5. The van der Waals surface area contributed by atoms with E-state index in [4.69, 9.17) is 9.47 Å². The van der Waals surface area contributed by atoms with Gasteiger partial charge in [0.05, 0.1) is 19.9 Å². The van der Waals surface area contributed by atoms with Gasteiger partial charge in [0, 0.05) is 14.1 Å². The predicted molar refractivity (Wildman–Crippen MR) is 58.7 cm³/mol. The molecule has 0 atom stereocenters. The number of nitrogens with zero attached hydrogens (tertiary/aromatic N) is 1. The van der Waals surface area contributed by atoms with Gasteiger partial charge in [0.2, 0.25) is 0 Å². The third-order valence-corrected chi connectivity index (χ3v) is 2.10. The summed E-state index contributed by atoms with van der Waals surface area (Å²) in [5, 5.41) is 0. The lowest BCUT2D eigenvalue weighted by molar-refractivity contribution is 0.0598. The number of hydrogen-bond acceptors (Lipinski definition) is 4. The number of benzene rings is 1. The molecule has 0 aliphatic rings. The normalized spacial score (nSPS) is 9.60. The Balaban J connectivity index is 3.33. The molecular formula is C11H15NO3. The zero-order valence-electron chi connectivity index (χ0n) is 9.40. The van der Waals surface area contributed by atoms with E-state index in [9.17, 15) is 4.79 Å². The Morgan fingerprint density at radius 1 is 1.27 bits per heavy atom. The van der Waals surface area contributed by atoms with Gasteiger partial charge in [0.25, 0.3) is 0 Å². The van der Waals surface area contributed by atoms with E-state index >= 15 is 0 Å². The van der Waals surface area contributed by atoms with E-state index in [2.05, 4.69) is 0 Å². The van der Waals surface area contributed by atoms with Crippen molar-refractivity contribution in [2.75, 3.05) is 33.2 Å². The van der Waals surface area contributed by atoms with Crippen LogP contribution in [0, 0.1) is 0 Å². The van der Waals surface area contributed by atoms with E-state index < -0.39 is 5.97 Å². The van der Waals surface area contributed by atoms with Gasteiger partial charge in [-0.25, -0.2) is 4.79 Å². The van der Waals surface area contributed by atoms with Crippen LogP contribution in [0.25, 0.3) is 0 Å². The molecule has 0 fully saturated rings. The molecule has 82 valence electrons. The van der Waals surface area contributed by atoms with E-state index in [1.54, 1.807) is 6.07 Å². The van der Waals surface area contributed by atoms with Crippen LogP contribution in [0.15, 0.2) is 18.2 Å². The van der Waals surface area contributed by atoms with Crippen molar-refractivity contribution in [2.24, 2.45) is 0 Å². The Morgan fingerprint density at radius 2 is 1.93 bits per heavy atom. The maximum atomic E-state index is 11.6. The Hall–Kier alpha value is -1.71. The molecule has 0 unspecified atom stereocenters. The van der Waals surface area contributed by atoms with Gasteiger partial charge in [-0.3, -0.25) is 0 Å². The number of carbonyl (C=O) groups is 1. The molecule has 0 aliphatic carbocycles. The number of methoxy groups -OCH3 is 2. The Morgan fingerprint density at radius 3 is 2.40 bits per heavy atom. The largest absolute Gasteiger partial charge is 0.496 e. The first-order chi connectivity index (χ1) is 7.11. The molecule has 0 heterocycles. The van der Waals surface area contributed by atoms with E-state index in [0.717, 1.165) is 5.69 Å². The molecule has 0 amide bonds. The average molecular weight is 209 g/mol. The first-order valence-corrected chi connectivity index (χ1v) is 4.54. The van der Waals surface area contributed by atoms with Gasteiger partial charge in [-0.1, -0.05) is 6.07 Å². The number of anilines is 1. The number of esters is 1. The molecular weight excluding hydrogens is 194 g/mol. The monoisotopic (exact) mass is 209 g/mol. The summed E-state index contributed by atoms with van der Waals surface area (Å²) in [6.07, 6.45) is 0. The molecule has 0 bridgehead atoms. The number of carbonyl (C=O) groups excluding carboxylic acids is 1. The second-order valence-electron chi connectivity index (χ2n) is 3.24. The van der Waals surface area contributed by atoms with E-state index in [1.165, 1.54) is 14.2 Å². The van der Waals surface area contributed by atoms with Gasteiger partial charge in [-0.2, -0.15) is 0 Å². The molecule has 0 spiro atoms. The lowest BCUT2D eigenvalue weighted by atomic mass is 10.1. The van der Waals surface area contributed by atoms with Crippen LogP contribution in [0.4, 0.5) is 5.69 Å². The minimum atomic E-state index is -0.392. The van der Waals surface area contributed by atoms with Crippen LogP contribution in [0.2, 0.25) is 0 Å². The van der Waals surface area contributed by atoms with Crippen molar-refractivity contribution in [3.8, 4) is 5.75 Å². The van der Waals surface area contributed by atoms with Crippen LogP contribution in [-0.2, 0) is 4.74 Å². The van der Waals surface area contributed by atoms with E-state index in [1.807, 2.05) is 31.1 Å². The summed E-state index contributed by atoms with van der Waals surface area (Å²) in [7, 11) is 6.61. The SMILES string of the molecule is COC(=O)c1c(OC)cccc1N(C)C. The Bertz CT molecular complexity index is 361. The zero-order valence-corrected chi connectivity index (χ0v) is 9.40. The predicted octanol–water partition coefficient (Wildman–Crippen LogP) is 1.55. The van der Waals surface area contributed by atoms with Crippen molar-refractivity contribution in [2.45, 2.75) is 0 Å². The lowest BCUT2D eigenvalue weighted by Gasteiger charge is -2.18. The van der Waals surface area contributed by atoms with Crippen molar-refractivity contribution in [3.05, 3.63) is 23.8 Å². The summed E-state index contributed by atoms with van der Waals surface area (Å²) >= 11 is 0. The summed E-state index contributed by atoms with van der Waals surface area (Å²) in [6, 6.07) is 5.41. The second kappa shape index (κ2) is 4.68. The third kappa shape index (κ3) is 2.21. The van der Waals surface area contributed by atoms with E-state index in [-0.39, 0.29) is 0 Å². The molecule has 0 saturated carbocycles. The van der Waals surface area contributed by atoms with Gasteiger partial charge in [-0.05, 0) is 12.1 Å². The van der Waals surface area contributed by atoms with Crippen molar-refractivity contribution in [3.63, 3.8) is 0 Å². The molecule has 0 saturated heterocycles. The van der Waals surface area contributed by atoms with Crippen molar-refractivity contribution >= 4 is 11.7 Å². The summed E-state index contributed by atoms with van der Waals surface area (Å²) in [5.74, 6) is 0.129. The fourth-order valence-corrected chi connectivity index (χ4v) is 1.37. The molecule has 1 rings (SSSR count). The summed E-state index contributed by atoms with van der Waals surface area (Å²) in [6.45, 7) is 0. The Kier molecular flexibility index (Phi) is 3.55. The minimum absolute atomic E-state index is 0.392. The topological polar surface area (TPSA) is 38.8 Å². The Labute approximate surface area is 89.4 Å². The van der Waals surface area contributed by atoms with Crippen LogP contribution < -0.4 is 9.64 Å². The van der Waals surface area contributed by atoms with Gasteiger partial charge in [0.15, 0.2) is 0 Å². The fraction of sp³-hybridized carbons (Fsp3) is 0.364. The standard InChI is InChI=1S/C11H15NO3/c1-12(2)8-6-5-7-9(14-3)10(8)11(13)15-4/h5-7H,1-4H3. The molecule has 0 aliphatic heterocycles. The quantitative estimate of drug-likeness (QED) is 0.708. The maximum Gasteiger partial charge on any atom is 0.343 e. The second-order valence-corrected chi connectivity index (χ2v) is 3.24. The molecule has 4 heteroatoms. The molecule has 0 radical (unpaired) electrons. The molecule has 15 heavy (non-hydrogen) atoms. The molecule has 4 nitrogen and oxygen atoms in total. The number of rotatable bonds is 3. The first kappa shape index (κ1) is 11.4. The smallest absolute Gasteiger partial charge is 0.343 e. The average Bonchev–Trinajstić information content (AvgIpc) is 2.26. The summed E-state index contributed by atoms with van der Waals surface area (Å²) in [4.78, 5) is 13.4. The van der Waals surface area contributed by atoms with Crippen LogP contribution in [0.3, 0.4) is 0 Å². The highest BCUT2D eigenvalue weighted by Crippen LogP contribution is 2.28. The highest BCUT2D eigenvalue weighted by Gasteiger charge is 2.18. The van der Waals surface area contributed by atoms with Crippen molar-refractivity contribution < 1.29 is 14.3 Å². The third-order valence-electron chi connectivity index (χ3n) is 2.10. The summed E-state index contributed by atoms with van der Waals surface area (Å²) < 4.78 is 9.86. The van der Waals surface area contributed by atoms with Crippen molar-refractivity contribution in [1.82, 2.24) is 0 Å². The van der Waals surface area contributed by atoms with Gasteiger partial charge in [-0.15, -0.1) is 0 Å². The lowest BCUT2D eigenvalue weighted by Crippen LogP contribution is -2.15. The molecule has 1 aromatic carbocycles. The zero-order chi connectivity index (χ0) is 11.4. The van der Waals surface area contributed by atoms with Crippen molar-refractivity contribution in [1.29, 1.82) is 0 Å². The van der Waals surface area contributed by atoms with Gasteiger partial charge < -0.3 is 14.4 Å². The van der Waals surface area contributed by atoms with Crippen LogP contribution >= 0.6 is 0 Å². The van der Waals surface area contributed by atoms with Gasteiger partial charge in [0.1, 0.15) is 11.3 Å². The molecule has 1 aromatic rings. The van der Waals surface area contributed by atoms with Gasteiger partial charge >= 0.3 is 5.97 Å². The minimum Gasteiger partial charge on any atom is -0.496 e. The van der Waals surface area contributed by atoms with Crippen LogP contribution in [0.1, 0.15) is 10.4 Å². The van der Waals surface area contributed by atoms with Crippen LogP contribution in [-0.4, -0.2) is 34.3 Å². The fourth-order valence-electron chi connectivity index (χ4n) is 1.37. The maximum absolute atomic E-state index is 11.6. The first-order valence-electron chi connectivity index (χ1n) is 4.54. The van der Waals surface area contributed by atoms with Crippen LogP contribution in [0.5, 0.6) is 5.75 Å². The van der Waals surface area contributed by atoms with E-state index in [0.29, 0.717) is 11.3 Å². The molecule has 0 aromatic heterocycles. The molecule has 0 N–H and O–H groups in total.